The standard InChI is InChI=1S/C10H11NO3/c1-2-3-6-8(10(13)14)11-5-4-7(11)9(6)12/h2,7H,1,3-5H2,(H,13,14). The maximum Gasteiger partial charge on any atom is 0.352 e. The molecule has 1 fully saturated rings. The molecule has 1 unspecified atom stereocenters. The van der Waals surface area contributed by atoms with Crippen LogP contribution in [0.5, 0.6) is 0 Å². The Balaban J connectivity index is 2.40. The maximum atomic E-state index is 11.7. The molecule has 2 aliphatic rings. The molecule has 1 saturated heterocycles. The van der Waals surface area contributed by atoms with E-state index in [0.29, 0.717) is 18.5 Å². The summed E-state index contributed by atoms with van der Waals surface area (Å²) in [6.45, 7) is 4.20. The number of carboxylic acid groups (broad SMARTS) is 1. The number of nitrogens with zero attached hydrogens (tertiary/aromatic N) is 1. The lowest BCUT2D eigenvalue weighted by Gasteiger charge is -2.36. The molecule has 74 valence electrons. The van der Waals surface area contributed by atoms with E-state index in [9.17, 15) is 9.59 Å². The van der Waals surface area contributed by atoms with Crippen molar-refractivity contribution >= 4 is 11.8 Å². The molecule has 4 heteroatoms. The first-order valence-electron chi connectivity index (χ1n) is 4.55. The Morgan fingerprint density at radius 2 is 2.43 bits per heavy atom. The number of aliphatic carboxylic acids is 1. The number of Topliss-reactive ketones (excluding diaryl/α,β-unsaturated/α-hetero) is 1. The number of ketones is 1. The molecular formula is C10H11NO3. The van der Waals surface area contributed by atoms with Crippen LogP contribution in [0.4, 0.5) is 0 Å². The van der Waals surface area contributed by atoms with E-state index in [4.69, 9.17) is 5.11 Å². The minimum atomic E-state index is -1.00. The first kappa shape index (κ1) is 8.99. The summed E-state index contributed by atoms with van der Waals surface area (Å²) in [6, 6.07) is -0.198. The topological polar surface area (TPSA) is 57.6 Å². The van der Waals surface area contributed by atoms with Gasteiger partial charge in [-0.3, -0.25) is 4.79 Å². The van der Waals surface area contributed by atoms with Gasteiger partial charge in [0.25, 0.3) is 0 Å². The van der Waals surface area contributed by atoms with Crippen molar-refractivity contribution in [2.75, 3.05) is 6.54 Å². The Kier molecular flexibility index (Phi) is 1.91. The summed E-state index contributed by atoms with van der Waals surface area (Å²) in [5, 5.41) is 8.96. The second kappa shape index (κ2) is 2.97. The van der Waals surface area contributed by atoms with Gasteiger partial charge in [0.05, 0.1) is 6.04 Å². The van der Waals surface area contributed by atoms with Gasteiger partial charge in [-0.2, -0.15) is 0 Å². The summed E-state index contributed by atoms with van der Waals surface area (Å²) >= 11 is 0. The summed E-state index contributed by atoms with van der Waals surface area (Å²) in [6.07, 6.45) is 2.70. The predicted molar refractivity (Wildman–Crippen MR) is 49.6 cm³/mol. The van der Waals surface area contributed by atoms with Crippen molar-refractivity contribution in [3.05, 3.63) is 23.9 Å². The fourth-order valence-electron chi connectivity index (χ4n) is 2.01. The molecule has 2 heterocycles. The fraction of sp³-hybridized carbons (Fsp3) is 0.400. The smallest absolute Gasteiger partial charge is 0.352 e. The Hall–Kier alpha value is -1.58. The van der Waals surface area contributed by atoms with Crippen molar-refractivity contribution in [2.24, 2.45) is 0 Å². The maximum absolute atomic E-state index is 11.7. The molecule has 0 spiro atoms. The van der Waals surface area contributed by atoms with Gasteiger partial charge in [-0.05, 0) is 12.8 Å². The number of carbonyl (C=O) groups is 2. The van der Waals surface area contributed by atoms with Crippen LogP contribution in [-0.4, -0.2) is 34.3 Å². The number of hydrogen-bond acceptors (Lipinski definition) is 3. The highest BCUT2D eigenvalue weighted by molar-refractivity contribution is 6.10. The van der Waals surface area contributed by atoms with Gasteiger partial charge in [-0.1, -0.05) is 6.08 Å². The van der Waals surface area contributed by atoms with E-state index < -0.39 is 5.97 Å². The zero-order valence-electron chi connectivity index (χ0n) is 7.69. The van der Waals surface area contributed by atoms with Crippen molar-refractivity contribution in [1.29, 1.82) is 0 Å². The van der Waals surface area contributed by atoms with Gasteiger partial charge in [0.15, 0.2) is 5.78 Å². The van der Waals surface area contributed by atoms with E-state index in [1.165, 1.54) is 0 Å². The van der Waals surface area contributed by atoms with E-state index in [2.05, 4.69) is 6.58 Å². The number of rotatable bonds is 3. The largest absolute Gasteiger partial charge is 0.477 e. The average molecular weight is 193 g/mol. The molecule has 2 rings (SSSR count). The Morgan fingerprint density at radius 3 is 2.86 bits per heavy atom. The van der Waals surface area contributed by atoms with Crippen molar-refractivity contribution in [3.63, 3.8) is 0 Å². The number of allylic oxidation sites excluding steroid dienone is 1. The van der Waals surface area contributed by atoms with Crippen LogP contribution in [-0.2, 0) is 9.59 Å². The van der Waals surface area contributed by atoms with Gasteiger partial charge in [-0.15, -0.1) is 6.58 Å². The highest BCUT2D eigenvalue weighted by Crippen LogP contribution is 2.36. The van der Waals surface area contributed by atoms with E-state index in [-0.39, 0.29) is 17.5 Å². The lowest BCUT2D eigenvalue weighted by molar-refractivity contribution is -0.135. The van der Waals surface area contributed by atoms with Crippen LogP contribution in [0.25, 0.3) is 0 Å². The SMILES string of the molecule is C=CCC1=C(C(=O)O)N2CCC2C1=O. The van der Waals surface area contributed by atoms with Crippen LogP contribution in [0, 0.1) is 0 Å². The third kappa shape index (κ3) is 0.999. The number of fused-ring (bicyclic) bond motifs is 1. The molecule has 0 aromatic carbocycles. The minimum absolute atomic E-state index is 0.0337. The normalized spacial score (nSPS) is 24.7. The molecule has 0 aliphatic carbocycles. The van der Waals surface area contributed by atoms with E-state index in [1.54, 1.807) is 11.0 Å². The molecule has 0 saturated carbocycles. The van der Waals surface area contributed by atoms with Crippen molar-refractivity contribution in [3.8, 4) is 0 Å². The molecule has 14 heavy (non-hydrogen) atoms. The van der Waals surface area contributed by atoms with Crippen molar-refractivity contribution in [1.82, 2.24) is 4.90 Å². The van der Waals surface area contributed by atoms with Gasteiger partial charge < -0.3 is 10.0 Å². The average Bonchev–Trinajstić information content (AvgIpc) is 2.24. The van der Waals surface area contributed by atoms with Gasteiger partial charge in [0.2, 0.25) is 0 Å². The summed E-state index contributed by atoms with van der Waals surface area (Å²) < 4.78 is 0. The zero-order chi connectivity index (χ0) is 10.3. The second-order valence-electron chi connectivity index (χ2n) is 3.49. The monoisotopic (exact) mass is 193 g/mol. The van der Waals surface area contributed by atoms with Gasteiger partial charge in [0, 0.05) is 12.1 Å². The first-order valence-corrected chi connectivity index (χ1v) is 4.55. The van der Waals surface area contributed by atoms with Gasteiger partial charge in [0.1, 0.15) is 5.70 Å². The molecule has 0 radical (unpaired) electrons. The fourth-order valence-corrected chi connectivity index (χ4v) is 2.01. The molecule has 1 N–H and O–H groups in total. The molecule has 0 bridgehead atoms. The molecule has 4 nitrogen and oxygen atoms in total. The second-order valence-corrected chi connectivity index (χ2v) is 3.49. The molecule has 0 aromatic heterocycles. The Morgan fingerprint density at radius 1 is 1.71 bits per heavy atom. The van der Waals surface area contributed by atoms with Crippen LogP contribution < -0.4 is 0 Å². The Bertz CT molecular complexity index is 356. The number of carbonyl (C=O) groups excluding carboxylic acids is 1. The van der Waals surface area contributed by atoms with Crippen LogP contribution in [0.2, 0.25) is 0 Å². The summed E-state index contributed by atoms with van der Waals surface area (Å²) in [5.74, 6) is -1.04. The molecule has 2 aliphatic heterocycles. The lowest BCUT2D eigenvalue weighted by Crippen LogP contribution is -2.47. The van der Waals surface area contributed by atoms with Crippen LogP contribution in [0.1, 0.15) is 12.8 Å². The van der Waals surface area contributed by atoms with Crippen molar-refractivity contribution in [2.45, 2.75) is 18.9 Å². The summed E-state index contributed by atoms with van der Waals surface area (Å²) in [7, 11) is 0. The third-order valence-corrected chi connectivity index (χ3v) is 2.74. The van der Waals surface area contributed by atoms with Crippen LogP contribution in [0.3, 0.4) is 0 Å². The molecule has 1 atom stereocenters. The van der Waals surface area contributed by atoms with Gasteiger partial charge in [-0.25, -0.2) is 4.79 Å². The lowest BCUT2D eigenvalue weighted by atomic mass is 9.99. The third-order valence-electron chi connectivity index (χ3n) is 2.74. The number of carboxylic acids is 1. The first-order chi connectivity index (χ1) is 6.66. The van der Waals surface area contributed by atoms with E-state index in [1.807, 2.05) is 0 Å². The highest BCUT2D eigenvalue weighted by atomic mass is 16.4. The van der Waals surface area contributed by atoms with E-state index >= 15 is 0 Å². The Labute approximate surface area is 81.5 Å². The number of hydrogen-bond donors (Lipinski definition) is 1. The van der Waals surface area contributed by atoms with E-state index in [0.717, 1.165) is 6.42 Å². The zero-order valence-corrected chi connectivity index (χ0v) is 7.69. The van der Waals surface area contributed by atoms with Crippen molar-refractivity contribution < 1.29 is 14.7 Å². The molecular weight excluding hydrogens is 182 g/mol. The molecule has 0 aromatic rings. The summed E-state index contributed by atoms with van der Waals surface area (Å²) in [4.78, 5) is 24.3. The highest BCUT2D eigenvalue weighted by Gasteiger charge is 2.46. The molecule has 0 amide bonds. The van der Waals surface area contributed by atoms with Crippen LogP contribution >= 0.6 is 0 Å². The summed E-state index contributed by atoms with van der Waals surface area (Å²) in [5.41, 5.74) is 0.598. The van der Waals surface area contributed by atoms with Gasteiger partial charge >= 0.3 is 5.97 Å². The van der Waals surface area contributed by atoms with Crippen LogP contribution in [0.15, 0.2) is 23.9 Å². The minimum Gasteiger partial charge on any atom is -0.477 e. The quantitative estimate of drug-likeness (QED) is 0.665. The predicted octanol–water partition coefficient (Wildman–Crippen LogP) is 0.558.